The number of amides is 1. The van der Waals surface area contributed by atoms with Crippen molar-refractivity contribution in [3.8, 4) is 0 Å². The Morgan fingerprint density at radius 3 is 3.11 bits per heavy atom. The van der Waals surface area contributed by atoms with Crippen LogP contribution in [0.25, 0.3) is 0 Å². The summed E-state index contributed by atoms with van der Waals surface area (Å²) in [4.78, 5) is 10.7. The molecule has 0 aromatic carbocycles. The summed E-state index contributed by atoms with van der Waals surface area (Å²) in [6, 6.07) is 0. The standard InChI is InChI=1S/C6H10N2O/c7-6-1-4(6)3-8-5(9)2-6/h4H,1-3,7H2,(H,8,9)/t4-,6-/m0/s1. The molecule has 1 saturated carbocycles. The fourth-order valence-corrected chi connectivity index (χ4v) is 1.49. The molecule has 1 heterocycles. The fourth-order valence-electron chi connectivity index (χ4n) is 1.49. The summed E-state index contributed by atoms with van der Waals surface area (Å²) in [7, 11) is 0. The second-order valence-corrected chi connectivity index (χ2v) is 3.12. The molecule has 2 rings (SSSR count). The fraction of sp³-hybridized carbons (Fsp3) is 0.833. The van der Waals surface area contributed by atoms with Crippen LogP contribution >= 0.6 is 0 Å². The number of rotatable bonds is 0. The van der Waals surface area contributed by atoms with Gasteiger partial charge in [-0.1, -0.05) is 0 Å². The third kappa shape index (κ3) is 0.645. The molecule has 0 aromatic rings. The van der Waals surface area contributed by atoms with Gasteiger partial charge in [-0.2, -0.15) is 0 Å². The normalized spacial score (nSPS) is 47.7. The van der Waals surface area contributed by atoms with E-state index < -0.39 is 0 Å². The van der Waals surface area contributed by atoms with Crippen molar-refractivity contribution in [2.45, 2.75) is 18.4 Å². The van der Waals surface area contributed by atoms with E-state index in [1.54, 1.807) is 0 Å². The van der Waals surface area contributed by atoms with Gasteiger partial charge in [-0.05, 0) is 12.3 Å². The number of carbonyl (C=O) groups is 1. The van der Waals surface area contributed by atoms with Crippen LogP contribution in [-0.2, 0) is 4.79 Å². The van der Waals surface area contributed by atoms with Crippen LogP contribution in [0.4, 0.5) is 0 Å². The smallest absolute Gasteiger partial charge is 0.221 e. The highest BCUT2D eigenvalue weighted by Crippen LogP contribution is 2.45. The lowest BCUT2D eigenvalue weighted by Crippen LogP contribution is -2.42. The molecule has 1 saturated heterocycles. The van der Waals surface area contributed by atoms with E-state index in [4.69, 9.17) is 5.73 Å². The predicted octanol–water partition coefficient (Wildman–Crippen LogP) is -0.776. The molecule has 0 aromatic heterocycles. The Morgan fingerprint density at radius 1 is 1.78 bits per heavy atom. The Morgan fingerprint density at radius 2 is 2.56 bits per heavy atom. The molecule has 1 aliphatic heterocycles. The van der Waals surface area contributed by atoms with Gasteiger partial charge in [0.1, 0.15) is 0 Å². The van der Waals surface area contributed by atoms with Crippen LogP contribution in [0, 0.1) is 5.92 Å². The van der Waals surface area contributed by atoms with Gasteiger partial charge in [-0.15, -0.1) is 0 Å². The quantitative estimate of drug-likeness (QED) is 0.447. The van der Waals surface area contributed by atoms with Crippen molar-refractivity contribution in [1.82, 2.24) is 5.32 Å². The molecule has 2 atom stereocenters. The van der Waals surface area contributed by atoms with E-state index in [2.05, 4.69) is 5.32 Å². The Labute approximate surface area is 53.6 Å². The monoisotopic (exact) mass is 126 g/mol. The first-order chi connectivity index (χ1) is 4.21. The van der Waals surface area contributed by atoms with E-state index in [0.29, 0.717) is 12.3 Å². The number of carbonyl (C=O) groups excluding carboxylic acids is 1. The Bertz CT molecular complexity index is 168. The van der Waals surface area contributed by atoms with Crippen LogP contribution in [-0.4, -0.2) is 18.0 Å². The van der Waals surface area contributed by atoms with Crippen molar-refractivity contribution in [2.75, 3.05) is 6.54 Å². The van der Waals surface area contributed by atoms with Gasteiger partial charge in [-0.25, -0.2) is 0 Å². The van der Waals surface area contributed by atoms with Gasteiger partial charge in [-0.3, -0.25) is 4.79 Å². The van der Waals surface area contributed by atoms with Gasteiger partial charge in [0, 0.05) is 18.5 Å². The minimum atomic E-state index is -0.0949. The van der Waals surface area contributed by atoms with Crippen LogP contribution in [0.2, 0.25) is 0 Å². The second-order valence-electron chi connectivity index (χ2n) is 3.12. The summed E-state index contributed by atoms with van der Waals surface area (Å²) in [5.74, 6) is 0.696. The minimum Gasteiger partial charge on any atom is -0.356 e. The molecule has 2 aliphatic rings. The zero-order valence-electron chi connectivity index (χ0n) is 5.18. The summed E-state index contributed by atoms with van der Waals surface area (Å²) in [6.07, 6.45) is 1.57. The van der Waals surface area contributed by atoms with E-state index in [9.17, 15) is 4.79 Å². The van der Waals surface area contributed by atoms with Crippen LogP contribution < -0.4 is 11.1 Å². The van der Waals surface area contributed by atoms with E-state index >= 15 is 0 Å². The van der Waals surface area contributed by atoms with E-state index in [0.717, 1.165) is 13.0 Å². The minimum absolute atomic E-state index is 0.0949. The molecule has 1 aliphatic carbocycles. The molecule has 2 fully saturated rings. The summed E-state index contributed by atoms with van der Waals surface area (Å²) >= 11 is 0. The number of fused-ring (bicyclic) bond motifs is 1. The predicted molar refractivity (Wildman–Crippen MR) is 32.7 cm³/mol. The van der Waals surface area contributed by atoms with E-state index in [1.165, 1.54) is 0 Å². The van der Waals surface area contributed by atoms with Crippen LogP contribution in [0.5, 0.6) is 0 Å². The highest BCUT2D eigenvalue weighted by atomic mass is 16.1. The first kappa shape index (κ1) is 5.23. The molecule has 0 radical (unpaired) electrons. The number of nitrogens with one attached hydrogen (secondary N) is 1. The van der Waals surface area contributed by atoms with Crippen molar-refractivity contribution in [1.29, 1.82) is 0 Å². The van der Waals surface area contributed by atoms with Crippen molar-refractivity contribution in [3.63, 3.8) is 0 Å². The zero-order valence-corrected chi connectivity index (χ0v) is 5.18. The van der Waals surface area contributed by atoms with Gasteiger partial charge in [0.05, 0.1) is 0 Å². The molecule has 0 unspecified atom stereocenters. The molecule has 1 amide bonds. The van der Waals surface area contributed by atoms with E-state index in [-0.39, 0.29) is 11.4 Å². The van der Waals surface area contributed by atoms with Crippen molar-refractivity contribution in [2.24, 2.45) is 11.7 Å². The number of hydrogen-bond donors (Lipinski definition) is 2. The average Bonchev–Trinajstić information content (AvgIpc) is 2.38. The van der Waals surface area contributed by atoms with E-state index in [1.807, 2.05) is 0 Å². The van der Waals surface area contributed by atoms with Crippen molar-refractivity contribution in [3.05, 3.63) is 0 Å². The van der Waals surface area contributed by atoms with Crippen LogP contribution in [0.1, 0.15) is 12.8 Å². The number of hydrogen-bond acceptors (Lipinski definition) is 2. The first-order valence-corrected chi connectivity index (χ1v) is 3.26. The Hall–Kier alpha value is -0.570. The molecule has 3 nitrogen and oxygen atoms in total. The summed E-state index contributed by atoms with van der Waals surface area (Å²) in [6.45, 7) is 0.801. The number of nitrogens with two attached hydrogens (primary N) is 1. The molecule has 0 spiro atoms. The maximum absolute atomic E-state index is 10.7. The van der Waals surface area contributed by atoms with Crippen LogP contribution in [0.3, 0.4) is 0 Å². The second kappa shape index (κ2) is 1.29. The maximum Gasteiger partial charge on any atom is 0.221 e. The van der Waals surface area contributed by atoms with Gasteiger partial charge in [0.15, 0.2) is 0 Å². The Kier molecular flexibility index (Phi) is 0.750. The first-order valence-electron chi connectivity index (χ1n) is 3.26. The molecule has 3 heteroatoms. The van der Waals surface area contributed by atoms with Gasteiger partial charge in [0.25, 0.3) is 0 Å². The highest BCUT2D eigenvalue weighted by Gasteiger charge is 2.54. The molecular weight excluding hydrogens is 116 g/mol. The lowest BCUT2D eigenvalue weighted by Gasteiger charge is -2.16. The highest BCUT2D eigenvalue weighted by molar-refractivity contribution is 5.79. The van der Waals surface area contributed by atoms with Gasteiger partial charge >= 0.3 is 0 Å². The molecule has 50 valence electrons. The third-order valence-electron chi connectivity index (χ3n) is 2.31. The summed E-state index contributed by atoms with van der Waals surface area (Å²) in [5.41, 5.74) is 5.69. The average molecular weight is 126 g/mol. The molecular formula is C6H10N2O. The lowest BCUT2D eigenvalue weighted by molar-refractivity contribution is -0.122. The summed E-state index contributed by atoms with van der Waals surface area (Å²) in [5, 5.41) is 2.78. The van der Waals surface area contributed by atoms with Gasteiger partial charge < -0.3 is 11.1 Å². The summed E-state index contributed by atoms with van der Waals surface area (Å²) < 4.78 is 0. The zero-order chi connectivity index (χ0) is 6.48. The Balaban J connectivity index is 2.11. The van der Waals surface area contributed by atoms with Crippen LogP contribution in [0.15, 0.2) is 0 Å². The third-order valence-corrected chi connectivity index (χ3v) is 2.31. The molecule has 9 heavy (non-hydrogen) atoms. The maximum atomic E-state index is 10.7. The SMILES string of the molecule is N[C@@]12CC(=O)NC[C@@H]1C2. The van der Waals surface area contributed by atoms with Crippen molar-refractivity contribution >= 4 is 5.91 Å². The van der Waals surface area contributed by atoms with Gasteiger partial charge in [0.2, 0.25) is 5.91 Å². The molecule has 0 bridgehead atoms. The topological polar surface area (TPSA) is 55.1 Å². The number of piperidine rings is 1. The molecule has 3 N–H and O–H groups in total. The lowest BCUT2D eigenvalue weighted by atomic mass is 10.1. The largest absolute Gasteiger partial charge is 0.356 e. The van der Waals surface area contributed by atoms with Crippen molar-refractivity contribution < 1.29 is 4.79 Å².